The van der Waals surface area contributed by atoms with E-state index in [-0.39, 0.29) is 0 Å². The second-order valence-corrected chi connectivity index (χ2v) is 2.46. The van der Waals surface area contributed by atoms with Crippen LogP contribution in [-0.4, -0.2) is 15.2 Å². The molecule has 0 saturated carbocycles. The molecule has 0 atom stereocenters. The molecule has 0 radical (unpaired) electrons. The number of hydrogen-bond acceptors (Lipinski definition) is 3. The summed E-state index contributed by atoms with van der Waals surface area (Å²) in [6.45, 7) is 0. The van der Waals surface area contributed by atoms with E-state index >= 15 is 0 Å². The van der Waals surface area contributed by atoms with Gasteiger partial charge in [-0.15, -0.1) is 0 Å². The third-order valence-electron chi connectivity index (χ3n) is 1.58. The minimum absolute atomic E-state index is 0.726. The first-order valence-corrected chi connectivity index (χ1v) is 3.57. The number of nitrogens with one attached hydrogen (secondary N) is 1. The average Bonchev–Trinajstić information content (AvgIpc) is 2.56. The number of aromatic nitrogens is 3. The van der Waals surface area contributed by atoms with Crippen LogP contribution in [0.1, 0.15) is 0 Å². The highest BCUT2D eigenvalue weighted by Crippen LogP contribution is 2.15. The Kier molecular flexibility index (Phi) is 1.51. The zero-order valence-corrected chi connectivity index (χ0v) is 6.36. The summed E-state index contributed by atoms with van der Waals surface area (Å²) in [7, 11) is 0. The maximum absolute atomic E-state index is 5.60. The first-order chi connectivity index (χ1) is 5.86. The second kappa shape index (κ2) is 2.65. The van der Waals surface area contributed by atoms with Crippen molar-refractivity contribution in [1.82, 2.24) is 15.2 Å². The normalized spacial score (nSPS) is 10.0. The van der Waals surface area contributed by atoms with Crippen LogP contribution >= 0.6 is 0 Å². The molecule has 0 aliphatic heterocycles. The van der Waals surface area contributed by atoms with Gasteiger partial charge in [0, 0.05) is 11.3 Å². The molecule has 4 heteroatoms. The van der Waals surface area contributed by atoms with Gasteiger partial charge in [-0.2, -0.15) is 5.10 Å². The Hall–Kier alpha value is -1.84. The zero-order chi connectivity index (χ0) is 8.39. The van der Waals surface area contributed by atoms with Gasteiger partial charge in [0.1, 0.15) is 6.33 Å². The number of anilines is 1. The maximum Gasteiger partial charge on any atom is 0.155 e. The summed E-state index contributed by atoms with van der Waals surface area (Å²) in [6, 6.07) is 7.49. The Labute approximate surface area is 69.4 Å². The highest BCUT2D eigenvalue weighted by Gasteiger charge is 1.98. The van der Waals surface area contributed by atoms with E-state index in [4.69, 9.17) is 5.73 Å². The molecule has 2 aromatic rings. The highest BCUT2D eigenvalue weighted by molar-refractivity contribution is 5.60. The predicted octanol–water partition coefficient (Wildman–Crippen LogP) is 1.05. The van der Waals surface area contributed by atoms with Crippen molar-refractivity contribution >= 4 is 5.69 Å². The van der Waals surface area contributed by atoms with Gasteiger partial charge in [0.15, 0.2) is 5.82 Å². The SMILES string of the molecule is Nc1cccc(-c2ncn[nH]2)c1. The lowest BCUT2D eigenvalue weighted by atomic mass is 10.2. The molecule has 1 aromatic heterocycles. The fourth-order valence-electron chi connectivity index (χ4n) is 1.03. The Morgan fingerprint density at radius 2 is 2.25 bits per heavy atom. The Bertz CT molecular complexity index is 366. The summed E-state index contributed by atoms with van der Waals surface area (Å²) in [5.74, 6) is 0.738. The molecule has 4 nitrogen and oxygen atoms in total. The molecule has 0 unspecified atom stereocenters. The van der Waals surface area contributed by atoms with Crippen LogP contribution in [-0.2, 0) is 0 Å². The van der Waals surface area contributed by atoms with E-state index in [0.717, 1.165) is 17.1 Å². The second-order valence-electron chi connectivity index (χ2n) is 2.46. The van der Waals surface area contributed by atoms with Crippen molar-refractivity contribution < 1.29 is 0 Å². The number of aromatic amines is 1. The molecule has 1 aromatic carbocycles. The van der Waals surface area contributed by atoms with Crippen LogP contribution in [0.4, 0.5) is 5.69 Å². The molecule has 0 aliphatic carbocycles. The highest BCUT2D eigenvalue weighted by atomic mass is 15.2. The zero-order valence-electron chi connectivity index (χ0n) is 6.36. The minimum atomic E-state index is 0.726. The summed E-state index contributed by atoms with van der Waals surface area (Å²) in [5.41, 5.74) is 7.28. The molecule has 0 amide bonds. The third-order valence-corrected chi connectivity index (χ3v) is 1.58. The molecule has 12 heavy (non-hydrogen) atoms. The molecule has 0 aliphatic rings. The van der Waals surface area contributed by atoms with Crippen LogP contribution in [0.3, 0.4) is 0 Å². The van der Waals surface area contributed by atoms with Gasteiger partial charge in [-0.05, 0) is 12.1 Å². The molecular weight excluding hydrogens is 152 g/mol. The summed E-state index contributed by atoms with van der Waals surface area (Å²) < 4.78 is 0. The van der Waals surface area contributed by atoms with E-state index in [1.807, 2.05) is 24.3 Å². The van der Waals surface area contributed by atoms with Gasteiger partial charge in [0.05, 0.1) is 0 Å². The van der Waals surface area contributed by atoms with E-state index in [1.165, 1.54) is 6.33 Å². The van der Waals surface area contributed by atoms with Crippen molar-refractivity contribution in [2.24, 2.45) is 0 Å². The Balaban J connectivity index is 2.48. The van der Waals surface area contributed by atoms with Gasteiger partial charge in [0.2, 0.25) is 0 Å². The molecule has 2 rings (SSSR count). The van der Waals surface area contributed by atoms with Gasteiger partial charge in [-0.1, -0.05) is 12.1 Å². The summed E-state index contributed by atoms with van der Waals surface area (Å²) in [4.78, 5) is 4.01. The molecule has 60 valence electrons. The molecule has 0 bridgehead atoms. The molecule has 0 saturated heterocycles. The van der Waals surface area contributed by atoms with Crippen LogP contribution in [0.15, 0.2) is 30.6 Å². The maximum atomic E-state index is 5.60. The number of nitrogen functional groups attached to an aromatic ring is 1. The smallest absolute Gasteiger partial charge is 0.155 e. The van der Waals surface area contributed by atoms with Gasteiger partial charge < -0.3 is 5.73 Å². The van der Waals surface area contributed by atoms with E-state index in [1.54, 1.807) is 0 Å². The third kappa shape index (κ3) is 1.14. The Morgan fingerprint density at radius 3 is 2.92 bits per heavy atom. The number of nitrogens with two attached hydrogens (primary N) is 1. The molecule has 3 N–H and O–H groups in total. The van der Waals surface area contributed by atoms with Crippen LogP contribution in [0, 0.1) is 0 Å². The van der Waals surface area contributed by atoms with Crippen molar-refractivity contribution in [2.75, 3.05) is 5.73 Å². The molecular formula is C8H8N4. The lowest BCUT2D eigenvalue weighted by Crippen LogP contribution is -1.86. The van der Waals surface area contributed by atoms with E-state index in [9.17, 15) is 0 Å². The van der Waals surface area contributed by atoms with Crippen LogP contribution in [0.25, 0.3) is 11.4 Å². The number of hydrogen-bond donors (Lipinski definition) is 2. The van der Waals surface area contributed by atoms with Crippen molar-refractivity contribution in [3.8, 4) is 11.4 Å². The van der Waals surface area contributed by atoms with Crippen LogP contribution < -0.4 is 5.73 Å². The fraction of sp³-hybridized carbons (Fsp3) is 0. The standard InChI is InChI=1S/C8H8N4/c9-7-3-1-2-6(4-7)8-10-5-11-12-8/h1-5H,9H2,(H,10,11,12). The minimum Gasteiger partial charge on any atom is -0.399 e. The van der Waals surface area contributed by atoms with Gasteiger partial charge >= 0.3 is 0 Å². The molecule has 1 heterocycles. The van der Waals surface area contributed by atoms with Crippen molar-refractivity contribution in [3.05, 3.63) is 30.6 Å². The van der Waals surface area contributed by atoms with E-state index in [0.29, 0.717) is 0 Å². The monoisotopic (exact) mass is 160 g/mol. The quantitative estimate of drug-likeness (QED) is 0.613. The number of H-pyrrole nitrogens is 1. The van der Waals surface area contributed by atoms with Crippen molar-refractivity contribution in [2.45, 2.75) is 0 Å². The van der Waals surface area contributed by atoms with Gasteiger partial charge in [0.25, 0.3) is 0 Å². The van der Waals surface area contributed by atoms with Gasteiger partial charge in [-0.25, -0.2) is 4.98 Å². The predicted molar refractivity (Wildman–Crippen MR) is 46.2 cm³/mol. The molecule has 0 spiro atoms. The lowest BCUT2D eigenvalue weighted by molar-refractivity contribution is 1.10. The van der Waals surface area contributed by atoms with Crippen molar-refractivity contribution in [1.29, 1.82) is 0 Å². The van der Waals surface area contributed by atoms with E-state index < -0.39 is 0 Å². The number of benzene rings is 1. The van der Waals surface area contributed by atoms with Crippen LogP contribution in [0.5, 0.6) is 0 Å². The number of nitrogens with zero attached hydrogens (tertiary/aromatic N) is 2. The lowest BCUT2D eigenvalue weighted by Gasteiger charge is -1.96. The summed E-state index contributed by atoms with van der Waals surface area (Å²) in [5, 5.41) is 6.52. The topological polar surface area (TPSA) is 67.6 Å². The number of rotatable bonds is 1. The summed E-state index contributed by atoms with van der Waals surface area (Å²) in [6.07, 6.45) is 1.47. The summed E-state index contributed by atoms with van der Waals surface area (Å²) >= 11 is 0. The largest absolute Gasteiger partial charge is 0.399 e. The van der Waals surface area contributed by atoms with E-state index in [2.05, 4.69) is 15.2 Å². The fourth-order valence-corrected chi connectivity index (χ4v) is 1.03. The van der Waals surface area contributed by atoms with Crippen molar-refractivity contribution in [3.63, 3.8) is 0 Å². The van der Waals surface area contributed by atoms with Crippen LogP contribution in [0.2, 0.25) is 0 Å². The van der Waals surface area contributed by atoms with Gasteiger partial charge in [-0.3, -0.25) is 5.10 Å². The average molecular weight is 160 g/mol. The first-order valence-electron chi connectivity index (χ1n) is 3.57. The molecule has 0 fully saturated rings. The Morgan fingerprint density at radius 1 is 1.33 bits per heavy atom. The first kappa shape index (κ1) is 6.84.